The van der Waals surface area contributed by atoms with Gasteiger partial charge in [-0.25, -0.2) is 0 Å². The number of nitrogens with one attached hydrogen (secondary N) is 1. The minimum Gasteiger partial charge on any atom is -0.383 e. The average Bonchev–Trinajstić information content (AvgIpc) is 2.48. The number of rotatable bonds is 5. The van der Waals surface area contributed by atoms with Crippen molar-refractivity contribution in [3.63, 3.8) is 0 Å². The minimum absolute atomic E-state index is 0.0436. The Hall–Kier alpha value is -1.39. The van der Waals surface area contributed by atoms with Crippen LogP contribution in [0.5, 0.6) is 0 Å². The predicted molar refractivity (Wildman–Crippen MR) is 84.6 cm³/mol. The van der Waals surface area contributed by atoms with Crippen LogP contribution in [0.1, 0.15) is 35.7 Å². The van der Waals surface area contributed by atoms with Gasteiger partial charge in [0.05, 0.1) is 6.61 Å². The van der Waals surface area contributed by atoms with Gasteiger partial charge in [-0.15, -0.1) is 0 Å². The van der Waals surface area contributed by atoms with E-state index < -0.39 is 0 Å². The van der Waals surface area contributed by atoms with Crippen molar-refractivity contribution in [3.05, 3.63) is 35.4 Å². The molecule has 4 heteroatoms. The maximum Gasteiger partial charge on any atom is 0.251 e. The van der Waals surface area contributed by atoms with Crippen molar-refractivity contribution >= 4 is 5.91 Å². The van der Waals surface area contributed by atoms with E-state index in [1.807, 2.05) is 31.2 Å². The van der Waals surface area contributed by atoms with Gasteiger partial charge in [0, 0.05) is 37.8 Å². The molecular formula is C17H26N2O2. The zero-order valence-corrected chi connectivity index (χ0v) is 13.3. The van der Waals surface area contributed by atoms with E-state index in [1.165, 1.54) is 0 Å². The molecule has 21 heavy (non-hydrogen) atoms. The summed E-state index contributed by atoms with van der Waals surface area (Å²) in [5.74, 6) is 0.0436. The number of nitrogens with zero attached hydrogens (tertiary/aromatic N) is 1. The first-order chi connectivity index (χ1) is 10.1. The van der Waals surface area contributed by atoms with Crippen molar-refractivity contribution in [2.75, 3.05) is 26.8 Å². The molecular weight excluding hydrogens is 264 g/mol. The summed E-state index contributed by atoms with van der Waals surface area (Å²) in [7, 11) is 1.74. The van der Waals surface area contributed by atoms with Gasteiger partial charge in [0.15, 0.2) is 0 Å². The van der Waals surface area contributed by atoms with Crippen molar-refractivity contribution in [2.45, 2.75) is 38.8 Å². The number of carbonyl (C=O) groups excluding carboxylic acids is 1. The molecule has 1 saturated heterocycles. The fraction of sp³-hybridized carbons (Fsp3) is 0.588. The molecule has 4 nitrogen and oxygen atoms in total. The van der Waals surface area contributed by atoms with Gasteiger partial charge in [0.2, 0.25) is 0 Å². The Labute approximate surface area is 127 Å². The van der Waals surface area contributed by atoms with Crippen LogP contribution in [0, 0.1) is 6.92 Å². The molecule has 0 saturated carbocycles. The molecule has 1 unspecified atom stereocenters. The molecule has 116 valence electrons. The van der Waals surface area contributed by atoms with Crippen molar-refractivity contribution in [1.82, 2.24) is 10.2 Å². The van der Waals surface area contributed by atoms with Crippen molar-refractivity contribution in [1.29, 1.82) is 0 Å². The molecule has 1 heterocycles. The first-order valence-electron chi connectivity index (χ1n) is 7.70. The molecule has 0 spiro atoms. The van der Waals surface area contributed by atoms with Crippen LogP contribution in [0.15, 0.2) is 24.3 Å². The lowest BCUT2D eigenvalue weighted by Gasteiger charge is -2.36. The molecule has 2 rings (SSSR count). The fourth-order valence-electron chi connectivity index (χ4n) is 2.89. The lowest BCUT2D eigenvalue weighted by molar-refractivity contribution is 0.0736. The Balaban J connectivity index is 1.82. The maximum atomic E-state index is 12.2. The van der Waals surface area contributed by atoms with Gasteiger partial charge in [0.1, 0.15) is 0 Å². The number of hydrogen-bond acceptors (Lipinski definition) is 3. The number of methoxy groups -OCH3 is 1. The van der Waals surface area contributed by atoms with Crippen LogP contribution >= 0.6 is 0 Å². The molecule has 0 aliphatic carbocycles. The van der Waals surface area contributed by atoms with E-state index in [0.29, 0.717) is 6.04 Å². The van der Waals surface area contributed by atoms with Crippen LogP contribution in [-0.4, -0.2) is 49.7 Å². The number of amides is 1. The third-order valence-corrected chi connectivity index (χ3v) is 4.18. The van der Waals surface area contributed by atoms with Crippen LogP contribution in [0.2, 0.25) is 0 Å². The Morgan fingerprint density at radius 3 is 2.76 bits per heavy atom. The third kappa shape index (κ3) is 4.55. The second-order valence-corrected chi connectivity index (χ2v) is 5.96. The zero-order chi connectivity index (χ0) is 15.2. The highest BCUT2D eigenvalue weighted by molar-refractivity contribution is 5.94. The number of piperidine rings is 1. The number of likely N-dealkylation sites (tertiary alicyclic amines) is 1. The number of ether oxygens (including phenoxy) is 1. The van der Waals surface area contributed by atoms with Crippen molar-refractivity contribution < 1.29 is 9.53 Å². The van der Waals surface area contributed by atoms with Gasteiger partial charge < -0.3 is 10.1 Å². The van der Waals surface area contributed by atoms with Gasteiger partial charge in [-0.3, -0.25) is 9.69 Å². The smallest absolute Gasteiger partial charge is 0.251 e. The summed E-state index contributed by atoms with van der Waals surface area (Å²) in [6, 6.07) is 8.47. The van der Waals surface area contributed by atoms with E-state index in [2.05, 4.69) is 17.1 Å². The molecule has 0 bridgehead atoms. The highest BCUT2D eigenvalue weighted by Crippen LogP contribution is 2.14. The highest BCUT2D eigenvalue weighted by atomic mass is 16.5. The quantitative estimate of drug-likeness (QED) is 0.904. The summed E-state index contributed by atoms with van der Waals surface area (Å²) in [5, 5.41) is 3.16. The SMILES string of the molecule is COCC(C)N1CCC(NC(=O)c2cccc(C)c2)CC1. The number of carbonyl (C=O) groups is 1. The molecule has 0 radical (unpaired) electrons. The predicted octanol–water partition coefficient (Wildman–Crippen LogP) is 2.22. The average molecular weight is 290 g/mol. The van der Waals surface area contributed by atoms with Crippen LogP contribution in [0.3, 0.4) is 0 Å². The molecule has 0 aromatic heterocycles. The standard InChI is InChI=1S/C17H26N2O2/c1-13-5-4-6-15(11-13)17(20)18-16-7-9-19(10-8-16)14(2)12-21-3/h4-6,11,14,16H,7-10,12H2,1-3H3,(H,18,20). The number of aryl methyl sites for hydroxylation is 1. The summed E-state index contributed by atoms with van der Waals surface area (Å²) in [4.78, 5) is 14.7. The summed E-state index contributed by atoms with van der Waals surface area (Å²) >= 11 is 0. The maximum absolute atomic E-state index is 12.2. The highest BCUT2D eigenvalue weighted by Gasteiger charge is 2.23. The first-order valence-corrected chi connectivity index (χ1v) is 7.70. The molecule has 1 aliphatic rings. The number of benzene rings is 1. The molecule has 1 fully saturated rings. The fourth-order valence-corrected chi connectivity index (χ4v) is 2.89. The Morgan fingerprint density at radius 1 is 1.43 bits per heavy atom. The second kappa shape index (κ2) is 7.57. The number of hydrogen-bond donors (Lipinski definition) is 1. The van der Waals surface area contributed by atoms with Crippen LogP contribution < -0.4 is 5.32 Å². The summed E-state index contributed by atoms with van der Waals surface area (Å²) < 4.78 is 5.21. The van der Waals surface area contributed by atoms with E-state index in [1.54, 1.807) is 7.11 Å². The van der Waals surface area contributed by atoms with Crippen LogP contribution in [-0.2, 0) is 4.74 Å². The normalized spacial score (nSPS) is 18.4. The van der Waals surface area contributed by atoms with Gasteiger partial charge in [-0.1, -0.05) is 17.7 Å². The lowest BCUT2D eigenvalue weighted by atomic mass is 10.0. The van der Waals surface area contributed by atoms with E-state index in [-0.39, 0.29) is 11.9 Å². The Morgan fingerprint density at radius 2 is 2.14 bits per heavy atom. The molecule has 1 atom stereocenters. The Bertz CT molecular complexity index is 468. The van der Waals surface area contributed by atoms with Crippen LogP contribution in [0.4, 0.5) is 0 Å². The van der Waals surface area contributed by atoms with E-state index in [0.717, 1.165) is 43.7 Å². The van der Waals surface area contributed by atoms with Gasteiger partial charge in [0.25, 0.3) is 5.91 Å². The molecule has 1 aliphatic heterocycles. The van der Waals surface area contributed by atoms with Gasteiger partial charge in [-0.2, -0.15) is 0 Å². The first kappa shape index (κ1) is 16.0. The molecule has 1 amide bonds. The minimum atomic E-state index is 0.0436. The summed E-state index contributed by atoms with van der Waals surface area (Å²) in [6.45, 7) is 6.99. The summed E-state index contributed by atoms with van der Waals surface area (Å²) in [6.07, 6.45) is 2.01. The Kier molecular flexibility index (Phi) is 5.76. The molecule has 1 aromatic rings. The van der Waals surface area contributed by atoms with Gasteiger partial charge in [-0.05, 0) is 38.8 Å². The largest absolute Gasteiger partial charge is 0.383 e. The zero-order valence-electron chi connectivity index (χ0n) is 13.3. The molecule has 1 aromatic carbocycles. The van der Waals surface area contributed by atoms with E-state index in [4.69, 9.17) is 4.74 Å². The van der Waals surface area contributed by atoms with E-state index >= 15 is 0 Å². The topological polar surface area (TPSA) is 41.6 Å². The lowest BCUT2D eigenvalue weighted by Crippen LogP contribution is -2.48. The van der Waals surface area contributed by atoms with Gasteiger partial charge >= 0.3 is 0 Å². The van der Waals surface area contributed by atoms with Crippen LogP contribution in [0.25, 0.3) is 0 Å². The van der Waals surface area contributed by atoms with Crippen molar-refractivity contribution in [2.24, 2.45) is 0 Å². The van der Waals surface area contributed by atoms with Crippen molar-refractivity contribution in [3.8, 4) is 0 Å². The summed E-state index contributed by atoms with van der Waals surface area (Å²) in [5.41, 5.74) is 1.87. The van der Waals surface area contributed by atoms with E-state index in [9.17, 15) is 4.79 Å². The second-order valence-electron chi connectivity index (χ2n) is 5.96. The molecule has 1 N–H and O–H groups in total. The monoisotopic (exact) mass is 290 g/mol. The third-order valence-electron chi connectivity index (χ3n) is 4.18.